The van der Waals surface area contributed by atoms with Gasteiger partial charge in [0.1, 0.15) is 5.69 Å². The predicted molar refractivity (Wildman–Crippen MR) is 87.0 cm³/mol. The van der Waals surface area contributed by atoms with Crippen molar-refractivity contribution in [3.63, 3.8) is 0 Å². The van der Waals surface area contributed by atoms with Crippen molar-refractivity contribution in [2.24, 2.45) is 5.92 Å². The number of carbonyl (C=O) groups is 1. The summed E-state index contributed by atoms with van der Waals surface area (Å²) >= 11 is 0. The highest BCUT2D eigenvalue weighted by molar-refractivity contribution is 5.92. The van der Waals surface area contributed by atoms with Gasteiger partial charge in [-0.05, 0) is 52.5 Å². The summed E-state index contributed by atoms with van der Waals surface area (Å²) < 4.78 is 1.97. The largest absolute Gasteiger partial charge is 0.388 e. The third-order valence-corrected chi connectivity index (χ3v) is 4.45. The van der Waals surface area contributed by atoms with Gasteiger partial charge in [0, 0.05) is 18.2 Å². The summed E-state index contributed by atoms with van der Waals surface area (Å²) in [5, 5.41) is 17.6. The SMILES string of the molecule is CC(C)C(C)(O)CNC(=O)c1cc(C2CC2)n(C(C)(C)C)n1. The zero-order chi connectivity index (χ0) is 16.7. The Bertz CT molecular complexity index is 549. The van der Waals surface area contributed by atoms with Gasteiger partial charge in [0.05, 0.1) is 11.1 Å². The summed E-state index contributed by atoms with van der Waals surface area (Å²) in [7, 11) is 0. The summed E-state index contributed by atoms with van der Waals surface area (Å²) in [5.74, 6) is 0.389. The van der Waals surface area contributed by atoms with E-state index in [0.29, 0.717) is 11.6 Å². The van der Waals surface area contributed by atoms with Crippen LogP contribution in [0.1, 0.15) is 76.5 Å². The van der Waals surface area contributed by atoms with E-state index < -0.39 is 5.60 Å². The minimum atomic E-state index is -0.915. The van der Waals surface area contributed by atoms with Crippen LogP contribution in [0.5, 0.6) is 0 Å². The fourth-order valence-corrected chi connectivity index (χ4v) is 2.27. The van der Waals surface area contributed by atoms with E-state index in [1.165, 1.54) is 12.8 Å². The van der Waals surface area contributed by atoms with Gasteiger partial charge in [-0.3, -0.25) is 9.48 Å². The molecule has 1 heterocycles. The molecular formula is C17H29N3O2. The van der Waals surface area contributed by atoms with Crippen LogP contribution in [0.4, 0.5) is 0 Å². The fourth-order valence-electron chi connectivity index (χ4n) is 2.27. The Hall–Kier alpha value is -1.36. The molecule has 0 saturated heterocycles. The molecule has 1 fully saturated rings. The summed E-state index contributed by atoms with van der Waals surface area (Å²) in [6.07, 6.45) is 2.34. The molecule has 22 heavy (non-hydrogen) atoms. The number of hydrogen-bond donors (Lipinski definition) is 2. The lowest BCUT2D eigenvalue weighted by molar-refractivity contribution is 0.0141. The molecule has 1 unspecified atom stereocenters. The Morgan fingerprint density at radius 3 is 2.45 bits per heavy atom. The van der Waals surface area contributed by atoms with Crippen LogP contribution in [-0.2, 0) is 5.54 Å². The molecule has 1 atom stereocenters. The molecule has 1 aliphatic rings. The number of nitrogens with one attached hydrogen (secondary N) is 1. The number of rotatable bonds is 5. The maximum Gasteiger partial charge on any atom is 0.271 e. The first kappa shape index (κ1) is 17.0. The second-order valence-electron chi connectivity index (χ2n) is 8.01. The van der Waals surface area contributed by atoms with Crippen molar-refractivity contribution in [2.75, 3.05) is 6.54 Å². The molecule has 2 N–H and O–H groups in total. The summed E-state index contributed by atoms with van der Waals surface area (Å²) in [5.41, 5.74) is 0.534. The lowest BCUT2D eigenvalue weighted by atomic mass is 9.92. The van der Waals surface area contributed by atoms with Gasteiger partial charge in [0.2, 0.25) is 0 Å². The maximum atomic E-state index is 12.4. The molecule has 1 aromatic heterocycles. The molecule has 1 aromatic rings. The Kier molecular flexibility index (Phi) is 4.39. The Balaban J connectivity index is 2.14. The second-order valence-corrected chi connectivity index (χ2v) is 8.01. The van der Waals surface area contributed by atoms with Gasteiger partial charge < -0.3 is 10.4 Å². The third-order valence-electron chi connectivity index (χ3n) is 4.45. The van der Waals surface area contributed by atoms with E-state index in [1.54, 1.807) is 6.92 Å². The molecule has 5 nitrogen and oxygen atoms in total. The van der Waals surface area contributed by atoms with Crippen molar-refractivity contribution >= 4 is 5.91 Å². The molecule has 2 rings (SSSR count). The molecule has 0 aromatic carbocycles. The van der Waals surface area contributed by atoms with Crippen LogP contribution in [0.15, 0.2) is 6.07 Å². The number of carbonyl (C=O) groups excluding carboxylic acids is 1. The van der Waals surface area contributed by atoms with Gasteiger partial charge in [-0.25, -0.2) is 0 Å². The predicted octanol–water partition coefficient (Wildman–Crippen LogP) is 2.65. The number of amides is 1. The summed E-state index contributed by atoms with van der Waals surface area (Å²) in [6, 6.07) is 1.91. The fraction of sp³-hybridized carbons (Fsp3) is 0.765. The number of aliphatic hydroxyl groups is 1. The van der Waals surface area contributed by atoms with E-state index in [1.807, 2.05) is 24.6 Å². The average Bonchev–Trinajstić information content (AvgIpc) is 3.13. The molecule has 0 spiro atoms. The lowest BCUT2D eigenvalue weighted by Gasteiger charge is -2.27. The Labute approximate surface area is 133 Å². The first-order chi connectivity index (χ1) is 10.0. The van der Waals surface area contributed by atoms with E-state index >= 15 is 0 Å². The summed E-state index contributed by atoms with van der Waals surface area (Å²) in [4.78, 5) is 12.4. The van der Waals surface area contributed by atoms with E-state index in [9.17, 15) is 9.90 Å². The molecule has 1 amide bonds. The van der Waals surface area contributed by atoms with Crippen molar-refractivity contribution < 1.29 is 9.90 Å². The van der Waals surface area contributed by atoms with E-state index in [-0.39, 0.29) is 23.9 Å². The Morgan fingerprint density at radius 2 is 2.00 bits per heavy atom. The zero-order valence-corrected chi connectivity index (χ0v) is 14.6. The van der Waals surface area contributed by atoms with Crippen LogP contribution in [0.3, 0.4) is 0 Å². The number of hydrogen-bond acceptors (Lipinski definition) is 3. The van der Waals surface area contributed by atoms with Gasteiger partial charge >= 0.3 is 0 Å². The second kappa shape index (κ2) is 5.69. The van der Waals surface area contributed by atoms with Crippen molar-refractivity contribution in [1.29, 1.82) is 0 Å². The van der Waals surface area contributed by atoms with Crippen LogP contribution in [0.25, 0.3) is 0 Å². The highest BCUT2D eigenvalue weighted by Gasteiger charge is 2.33. The standard InChI is InChI=1S/C17H29N3O2/c1-11(2)17(6,22)10-18-15(21)13-9-14(12-7-8-12)20(19-13)16(3,4)5/h9,11-12,22H,7-8,10H2,1-6H3,(H,18,21). The van der Waals surface area contributed by atoms with Crippen molar-refractivity contribution in [3.8, 4) is 0 Å². The van der Waals surface area contributed by atoms with E-state index in [2.05, 4.69) is 31.2 Å². The van der Waals surface area contributed by atoms with Gasteiger partial charge in [-0.15, -0.1) is 0 Å². The van der Waals surface area contributed by atoms with Crippen molar-refractivity contribution in [1.82, 2.24) is 15.1 Å². The van der Waals surface area contributed by atoms with Crippen LogP contribution < -0.4 is 5.32 Å². The minimum Gasteiger partial charge on any atom is -0.388 e. The molecule has 1 aliphatic carbocycles. The monoisotopic (exact) mass is 307 g/mol. The van der Waals surface area contributed by atoms with Crippen molar-refractivity contribution in [3.05, 3.63) is 17.5 Å². The average molecular weight is 307 g/mol. The molecule has 124 valence electrons. The molecular weight excluding hydrogens is 278 g/mol. The van der Waals surface area contributed by atoms with Gasteiger partial charge in [-0.2, -0.15) is 5.10 Å². The maximum absolute atomic E-state index is 12.4. The zero-order valence-electron chi connectivity index (χ0n) is 14.6. The quantitative estimate of drug-likeness (QED) is 0.879. The number of nitrogens with zero attached hydrogens (tertiary/aromatic N) is 2. The van der Waals surface area contributed by atoms with Crippen LogP contribution in [-0.4, -0.2) is 32.9 Å². The topological polar surface area (TPSA) is 67.2 Å². The third kappa shape index (κ3) is 3.69. The molecule has 0 aliphatic heterocycles. The smallest absolute Gasteiger partial charge is 0.271 e. The normalized spacial score (nSPS) is 18.4. The van der Waals surface area contributed by atoms with E-state index in [0.717, 1.165) is 5.69 Å². The molecule has 0 bridgehead atoms. The Morgan fingerprint density at radius 1 is 1.41 bits per heavy atom. The van der Waals surface area contributed by atoms with Crippen LogP contribution >= 0.6 is 0 Å². The van der Waals surface area contributed by atoms with Crippen LogP contribution in [0, 0.1) is 5.92 Å². The molecule has 1 saturated carbocycles. The minimum absolute atomic E-state index is 0.0713. The lowest BCUT2D eigenvalue weighted by Crippen LogP contribution is -2.44. The first-order valence-corrected chi connectivity index (χ1v) is 8.13. The van der Waals surface area contributed by atoms with Crippen LogP contribution in [0.2, 0.25) is 0 Å². The van der Waals surface area contributed by atoms with Gasteiger partial charge in [0.15, 0.2) is 0 Å². The molecule has 5 heteroatoms. The van der Waals surface area contributed by atoms with Gasteiger partial charge in [-0.1, -0.05) is 13.8 Å². The van der Waals surface area contributed by atoms with Gasteiger partial charge in [0.25, 0.3) is 5.91 Å². The summed E-state index contributed by atoms with van der Waals surface area (Å²) in [6.45, 7) is 12.1. The van der Waals surface area contributed by atoms with Crippen molar-refractivity contribution in [2.45, 2.75) is 71.4 Å². The highest BCUT2D eigenvalue weighted by atomic mass is 16.3. The van der Waals surface area contributed by atoms with E-state index in [4.69, 9.17) is 0 Å². The molecule has 0 radical (unpaired) electrons. The number of aromatic nitrogens is 2. The first-order valence-electron chi connectivity index (χ1n) is 8.13. The highest BCUT2D eigenvalue weighted by Crippen LogP contribution is 2.41.